The Morgan fingerprint density at radius 1 is 0.889 bits per heavy atom. The summed E-state index contributed by atoms with van der Waals surface area (Å²) in [5.41, 5.74) is 3.78. The summed E-state index contributed by atoms with van der Waals surface area (Å²) < 4.78 is 1.05. The number of nitrogens with one attached hydrogen (secondary N) is 1. The predicted octanol–water partition coefficient (Wildman–Crippen LogP) is 5.13. The molecule has 0 aliphatic carbocycles. The number of aryl methyl sites for hydroxylation is 1. The van der Waals surface area contributed by atoms with Crippen LogP contribution >= 0.6 is 22.6 Å². The van der Waals surface area contributed by atoms with E-state index < -0.39 is 0 Å². The lowest BCUT2D eigenvalue weighted by molar-refractivity contribution is 0.0991. The van der Waals surface area contributed by atoms with Gasteiger partial charge in [0.2, 0.25) is 0 Å². The average Bonchev–Trinajstić information content (AvgIpc) is 2.70. The number of benzene rings is 3. The van der Waals surface area contributed by atoms with Gasteiger partial charge in [-0.05, 0) is 83.6 Å². The van der Waals surface area contributed by atoms with Gasteiger partial charge in [0.1, 0.15) is 0 Å². The molecular weight excluding hydrogens is 451 g/mol. The summed E-state index contributed by atoms with van der Waals surface area (Å²) in [6.07, 6.45) is 0. The van der Waals surface area contributed by atoms with Gasteiger partial charge in [0.25, 0.3) is 11.8 Å². The van der Waals surface area contributed by atoms with E-state index >= 15 is 0 Å². The van der Waals surface area contributed by atoms with Crippen LogP contribution in [0.15, 0.2) is 72.8 Å². The number of hydrogen-bond donors (Lipinski definition) is 1. The second-order valence-electron chi connectivity index (χ2n) is 6.20. The number of carbonyl (C=O) groups excluding carboxylic acids is 2. The van der Waals surface area contributed by atoms with E-state index in [-0.39, 0.29) is 11.8 Å². The van der Waals surface area contributed by atoms with E-state index in [2.05, 4.69) is 27.9 Å². The van der Waals surface area contributed by atoms with Gasteiger partial charge in [-0.3, -0.25) is 9.59 Å². The monoisotopic (exact) mass is 470 g/mol. The Balaban J connectivity index is 1.70. The highest BCUT2D eigenvalue weighted by atomic mass is 127. The maximum Gasteiger partial charge on any atom is 0.258 e. The molecule has 0 spiro atoms. The summed E-state index contributed by atoms with van der Waals surface area (Å²) >= 11 is 2.21. The van der Waals surface area contributed by atoms with Gasteiger partial charge in [0.05, 0.1) is 0 Å². The zero-order valence-corrected chi connectivity index (χ0v) is 17.2. The summed E-state index contributed by atoms with van der Waals surface area (Å²) in [5.74, 6) is -0.277. The van der Waals surface area contributed by atoms with Gasteiger partial charge in [0, 0.05) is 33.1 Å². The maximum atomic E-state index is 12.6. The lowest BCUT2D eigenvalue weighted by Crippen LogP contribution is -2.26. The van der Waals surface area contributed by atoms with Gasteiger partial charge in [-0.15, -0.1) is 0 Å². The average molecular weight is 470 g/mol. The summed E-state index contributed by atoms with van der Waals surface area (Å²) in [7, 11) is 1.74. The number of rotatable bonds is 4. The van der Waals surface area contributed by atoms with Crippen LogP contribution < -0.4 is 10.2 Å². The number of amides is 2. The van der Waals surface area contributed by atoms with Crippen LogP contribution in [0.25, 0.3) is 0 Å². The number of para-hydroxylation sites is 1. The van der Waals surface area contributed by atoms with E-state index in [1.54, 1.807) is 42.3 Å². The first-order valence-electron chi connectivity index (χ1n) is 8.46. The molecule has 0 aliphatic heterocycles. The van der Waals surface area contributed by atoms with Crippen molar-refractivity contribution in [3.63, 3.8) is 0 Å². The molecule has 3 rings (SSSR count). The van der Waals surface area contributed by atoms with Crippen molar-refractivity contribution in [2.24, 2.45) is 0 Å². The molecule has 0 aromatic heterocycles. The van der Waals surface area contributed by atoms with Crippen LogP contribution in [0.5, 0.6) is 0 Å². The lowest BCUT2D eigenvalue weighted by Gasteiger charge is -2.17. The Morgan fingerprint density at radius 3 is 2.15 bits per heavy atom. The Labute approximate surface area is 172 Å². The van der Waals surface area contributed by atoms with Crippen molar-refractivity contribution in [2.45, 2.75) is 6.92 Å². The fourth-order valence-corrected chi connectivity index (χ4v) is 3.11. The smallest absolute Gasteiger partial charge is 0.258 e. The van der Waals surface area contributed by atoms with Gasteiger partial charge in [-0.1, -0.05) is 24.3 Å². The third-order valence-corrected chi connectivity index (χ3v) is 5.43. The highest BCUT2D eigenvalue weighted by Gasteiger charge is 2.14. The summed E-state index contributed by atoms with van der Waals surface area (Å²) in [6, 6.07) is 22.0. The normalized spacial score (nSPS) is 10.3. The molecule has 0 atom stereocenters. The van der Waals surface area contributed by atoms with Crippen molar-refractivity contribution in [2.75, 3.05) is 17.3 Å². The molecule has 0 aliphatic rings. The highest BCUT2D eigenvalue weighted by molar-refractivity contribution is 14.1. The fourth-order valence-electron chi connectivity index (χ4n) is 2.60. The minimum absolute atomic E-state index is 0.104. The Hall–Kier alpha value is -2.67. The van der Waals surface area contributed by atoms with Gasteiger partial charge in [0.15, 0.2) is 0 Å². The summed E-state index contributed by atoms with van der Waals surface area (Å²) in [4.78, 5) is 26.6. The number of anilines is 2. The molecule has 0 radical (unpaired) electrons. The summed E-state index contributed by atoms with van der Waals surface area (Å²) in [5, 5.41) is 2.86. The van der Waals surface area contributed by atoms with Gasteiger partial charge in [-0.25, -0.2) is 0 Å². The van der Waals surface area contributed by atoms with Gasteiger partial charge in [-0.2, -0.15) is 0 Å². The number of nitrogens with zero attached hydrogens (tertiary/aromatic N) is 1. The van der Waals surface area contributed by atoms with Crippen molar-refractivity contribution < 1.29 is 9.59 Å². The van der Waals surface area contributed by atoms with E-state index in [0.29, 0.717) is 16.8 Å². The molecule has 3 aromatic carbocycles. The molecule has 136 valence electrons. The molecule has 5 heteroatoms. The highest BCUT2D eigenvalue weighted by Crippen LogP contribution is 2.18. The topological polar surface area (TPSA) is 49.4 Å². The van der Waals surface area contributed by atoms with Crippen molar-refractivity contribution in [1.82, 2.24) is 0 Å². The Kier molecular flexibility index (Phi) is 5.91. The molecule has 1 N–H and O–H groups in total. The van der Waals surface area contributed by atoms with Gasteiger partial charge < -0.3 is 10.2 Å². The number of hydrogen-bond acceptors (Lipinski definition) is 2. The maximum absolute atomic E-state index is 12.6. The van der Waals surface area contributed by atoms with Gasteiger partial charge >= 0.3 is 0 Å². The zero-order valence-electron chi connectivity index (χ0n) is 15.1. The Morgan fingerprint density at radius 2 is 1.52 bits per heavy atom. The van der Waals surface area contributed by atoms with Crippen LogP contribution in [0.3, 0.4) is 0 Å². The van der Waals surface area contributed by atoms with Crippen molar-refractivity contribution in [3.05, 3.63) is 93.1 Å². The van der Waals surface area contributed by atoms with Crippen molar-refractivity contribution in [1.29, 1.82) is 0 Å². The third kappa shape index (κ3) is 4.54. The van der Waals surface area contributed by atoms with E-state index in [1.807, 2.05) is 49.4 Å². The second-order valence-corrected chi connectivity index (χ2v) is 7.36. The first kappa shape index (κ1) is 19.1. The minimum atomic E-state index is -0.173. The largest absolute Gasteiger partial charge is 0.322 e. The molecule has 0 fully saturated rings. The summed E-state index contributed by atoms with van der Waals surface area (Å²) in [6.45, 7) is 2.01. The standard InChI is InChI=1S/C22H19IN2O2/c1-15-8-9-17(14-20(15)23)21(26)24-18-12-10-16(11-13-18)22(27)25(2)19-6-4-3-5-7-19/h3-14H,1-2H3,(H,24,26). The van der Waals surface area contributed by atoms with Crippen LogP contribution in [-0.2, 0) is 0 Å². The molecule has 0 saturated heterocycles. The first-order valence-corrected chi connectivity index (χ1v) is 9.54. The van der Waals surface area contributed by atoms with Crippen molar-refractivity contribution in [3.8, 4) is 0 Å². The third-order valence-electron chi connectivity index (χ3n) is 4.27. The molecule has 0 bridgehead atoms. The lowest BCUT2D eigenvalue weighted by atomic mass is 10.1. The number of carbonyl (C=O) groups is 2. The molecule has 4 nitrogen and oxygen atoms in total. The molecule has 0 heterocycles. The van der Waals surface area contributed by atoms with Crippen LogP contribution in [0.2, 0.25) is 0 Å². The van der Waals surface area contributed by atoms with Crippen LogP contribution in [0, 0.1) is 10.5 Å². The van der Waals surface area contributed by atoms with E-state index in [9.17, 15) is 9.59 Å². The number of halogens is 1. The van der Waals surface area contributed by atoms with Crippen LogP contribution in [-0.4, -0.2) is 18.9 Å². The SMILES string of the molecule is Cc1ccc(C(=O)Nc2ccc(C(=O)N(C)c3ccccc3)cc2)cc1I. The predicted molar refractivity (Wildman–Crippen MR) is 117 cm³/mol. The quantitative estimate of drug-likeness (QED) is 0.538. The molecule has 27 heavy (non-hydrogen) atoms. The zero-order chi connectivity index (χ0) is 19.4. The van der Waals surface area contributed by atoms with Crippen LogP contribution in [0.4, 0.5) is 11.4 Å². The van der Waals surface area contributed by atoms with Crippen LogP contribution in [0.1, 0.15) is 26.3 Å². The molecule has 2 amide bonds. The molecular formula is C22H19IN2O2. The Bertz CT molecular complexity index is 969. The van der Waals surface area contributed by atoms with Crippen molar-refractivity contribution >= 4 is 45.8 Å². The second kappa shape index (κ2) is 8.35. The van der Waals surface area contributed by atoms with E-state index in [4.69, 9.17) is 0 Å². The first-order chi connectivity index (χ1) is 13.0. The minimum Gasteiger partial charge on any atom is -0.322 e. The molecule has 3 aromatic rings. The molecule has 0 saturated carbocycles. The van der Waals surface area contributed by atoms with E-state index in [1.165, 1.54) is 0 Å². The molecule has 0 unspecified atom stereocenters. The van der Waals surface area contributed by atoms with E-state index in [0.717, 1.165) is 14.8 Å². The fraction of sp³-hybridized carbons (Fsp3) is 0.0909.